The third-order valence-electron chi connectivity index (χ3n) is 2.00. The lowest BCUT2D eigenvalue weighted by atomic mass is 10.4. The molecule has 0 unspecified atom stereocenters. The molecule has 0 heterocycles. The van der Waals surface area contributed by atoms with E-state index in [0.717, 1.165) is 4.90 Å². The summed E-state index contributed by atoms with van der Waals surface area (Å²) in [7, 11) is -1.06. The second kappa shape index (κ2) is 3.26. The molecule has 1 fully saturated rings. The van der Waals surface area contributed by atoms with Crippen LogP contribution in [0, 0.1) is 0 Å². The maximum Gasteiger partial charge on any atom is 0.134 e. The van der Waals surface area contributed by atoms with E-state index in [9.17, 15) is 4.21 Å². The van der Waals surface area contributed by atoms with E-state index in [4.69, 9.17) is 23.2 Å². The van der Waals surface area contributed by atoms with Crippen LogP contribution >= 0.6 is 23.2 Å². The van der Waals surface area contributed by atoms with Crippen molar-refractivity contribution in [3.8, 4) is 0 Å². The van der Waals surface area contributed by atoms with Crippen molar-refractivity contribution in [2.75, 3.05) is 0 Å². The smallest absolute Gasteiger partial charge is 0.134 e. The van der Waals surface area contributed by atoms with Crippen molar-refractivity contribution in [1.29, 1.82) is 0 Å². The second-order valence-corrected chi connectivity index (χ2v) is 6.24. The van der Waals surface area contributed by atoms with Gasteiger partial charge in [0.25, 0.3) is 0 Å². The Balaban J connectivity index is 2.17. The first-order valence-electron chi connectivity index (χ1n) is 3.95. The van der Waals surface area contributed by atoms with Gasteiger partial charge in [-0.3, -0.25) is 4.21 Å². The monoisotopic (exact) mass is 234 g/mol. The first-order valence-corrected chi connectivity index (χ1v) is 5.91. The molecule has 0 N–H and O–H groups in total. The fraction of sp³-hybridized carbons (Fsp3) is 0.333. The molecule has 1 aliphatic carbocycles. The van der Waals surface area contributed by atoms with Gasteiger partial charge in [0.2, 0.25) is 0 Å². The summed E-state index contributed by atoms with van der Waals surface area (Å²) >= 11 is 11.6. The van der Waals surface area contributed by atoms with Crippen molar-refractivity contribution >= 4 is 34.0 Å². The Hall–Kier alpha value is -0.0500. The molecule has 1 nitrogen and oxygen atoms in total. The van der Waals surface area contributed by atoms with Crippen LogP contribution in [-0.4, -0.2) is 13.8 Å². The number of hydrogen-bond donors (Lipinski definition) is 0. The summed E-state index contributed by atoms with van der Waals surface area (Å²) in [6.45, 7) is 0. The summed E-state index contributed by atoms with van der Waals surface area (Å²) in [5.41, 5.74) is 0. The van der Waals surface area contributed by atoms with Crippen LogP contribution in [0.15, 0.2) is 35.2 Å². The Labute approximate surface area is 89.5 Å². The van der Waals surface area contributed by atoms with Crippen LogP contribution in [0.2, 0.25) is 0 Å². The summed E-state index contributed by atoms with van der Waals surface area (Å²) in [5, 5.41) is -0.0989. The predicted molar refractivity (Wildman–Crippen MR) is 55.7 cm³/mol. The number of hydrogen-bond acceptors (Lipinski definition) is 1. The molecule has 0 aliphatic heterocycles. The van der Waals surface area contributed by atoms with E-state index in [1.165, 1.54) is 0 Å². The number of halogens is 2. The highest BCUT2D eigenvalue weighted by Crippen LogP contribution is 2.51. The number of alkyl halides is 2. The van der Waals surface area contributed by atoms with Gasteiger partial charge in [-0.1, -0.05) is 18.2 Å². The minimum atomic E-state index is -1.06. The van der Waals surface area contributed by atoms with E-state index in [-0.39, 0.29) is 5.25 Å². The molecule has 0 radical (unpaired) electrons. The second-order valence-electron chi connectivity index (χ2n) is 3.06. The molecule has 0 aromatic heterocycles. The average molecular weight is 235 g/mol. The molecule has 1 aliphatic rings. The van der Waals surface area contributed by atoms with Gasteiger partial charge in [0, 0.05) is 4.90 Å². The first kappa shape index (κ1) is 9.50. The maximum absolute atomic E-state index is 11.8. The van der Waals surface area contributed by atoms with E-state index < -0.39 is 15.1 Å². The van der Waals surface area contributed by atoms with Crippen molar-refractivity contribution in [2.45, 2.75) is 20.9 Å². The van der Waals surface area contributed by atoms with Gasteiger partial charge < -0.3 is 0 Å². The zero-order valence-corrected chi connectivity index (χ0v) is 9.07. The van der Waals surface area contributed by atoms with E-state index in [0.29, 0.717) is 6.42 Å². The molecule has 0 amide bonds. The van der Waals surface area contributed by atoms with Crippen LogP contribution in [0.3, 0.4) is 0 Å². The summed E-state index contributed by atoms with van der Waals surface area (Å²) in [4.78, 5) is 0.802. The lowest BCUT2D eigenvalue weighted by Gasteiger charge is -2.00. The molecular formula is C9H8Cl2OS. The van der Waals surface area contributed by atoms with E-state index in [1.54, 1.807) is 0 Å². The van der Waals surface area contributed by atoms with E-state index >= 15 is 0 Å². The lowest BCUT2D eigenvalue weighted by molar-refractivity contribution is 0.682. The van der Waals surface area contributed by atoms with Crippen molar-refractivity contribution in [2.24, 2.45) is 0 Å². The summed E-state index contributed by atoms with van der Waals surface area (Å²) < 4.78 is 11.0. The van der Waals surface area contributed by atoms with Crippen molar-refractivity contribution < 1.29 is 4.21 Å². The third-order valence-corrected chi connectivity index (χ3v) is 4.92. The van der Waals surface area contributed by atoms with Crippen molar-refractivity contribution in [3.63, 3.8) is 0 Å². The number of benzene rings is 1. The molecule has 0 saturated heterocycles. The van der Waals surface area contributed by atoms with Crippen LogP contribution in [0.25, 0.3) is 0 Å². The van der Waals surface area contributed by atoms with Crippen molar-refractivity contribution in [3.05, 3.63) is 30.3 Å². The Morgan fingerprint density at radius 3 is 2.31 bits per heavy atom. The zero-order valence-electron chi connectivity index (χ0n) is 6.74. The molecule has 1 aromatic carbocycles. The molecule has 2 atom stereocenters. The maximum atomic E-state index is 11.8. The molecule has 0 spiro atoms. The van der Waals surface area contributed by atoms with Crippen LogP contribution in [0.5, 0.6) is 0 Å². The summed E-state index contributed by atoms with van der Waals surface area (Å²) in [6.07, 6.45) is 0.623. The topological polar surface area (TPSA) is 17.1 Å². The summed E-state index contributed by atoms with van der Waals surface area (Å²) in [5.74, 6) is 0. The molecule has 4 heteroatoms. The fourth-order valence-electron chi connectivity index (χ4n) is 1.14. The van der Waals surface area contributed by atoms with Crippen molar-refractivity contribution in [1.82, 2.24) is 0 Å². The van der Waals surface area contributed by atoms with E-state index in [2.05, 4.69) is 0 Å². The highest BCUT2D eigenvalue weighted by molar-refractivity contribution is 7.86. The van der Waals surface area contributed by atoms with Crippen LogP contribution in [0.4, 0.5) is 0 Å². The minimum absolute atomic E-state index is 0.0989. The number of rotatable bonds is 2. The molecule has 1 saturated carbocycles. The Kier molecular flexibility index (Phi) is 2.39. The van der Waals surface area contributed by atoms with Gasteiger partial charge in [-0.15, -0.1) is 23.2 Å². The molecule has 2 rings (SSSR count). The quantitative estimate of drug-likeness (QED) is 0.720. The van der Waals surface area contributed by atoms with E-state index in [1.807, 2.05) is 30.3 Å². The molecule has 0 bridgehead atoms. The largest absolute Gasteiger partial charge is 0.254 e. The zero-order chi connectivity index (χ0) is 9.47. The average Bonchev–Trinajstić information content (AvgIpc) is 2.76. The highest BCUT2D eigenvalue weighted by Gasteiger charge is 2.55. The fourth-order valence-corrected chi connectivity index (χ4v) is 3.60. The molecular weight excluding hydrogens is 227 g/mol. The molecule has 70 valence electrons. The molecule has 13 heavy (non-hydrogen) atoms. The summed E-state index contributed by atoms with van der Waals surface area (Å²) in [6, 6.07) is 9.28. The Morgan fingerprint density at radius 1 is 1.31 bits per heavy atom. The van der Waals surface area contributed by atoms with Gasteiger partial charge in [0.15, 0.2) is 0 Å². The third kappa shape index (κ3) is 1.90. The van der Waals surface area contributed by atoms with Crippen LogP contribution in [0.1, 0.15) is 6.42 Å². The normalized spacial score (nSPS) is 26.8. The Bertz CT molecular complexity index is 337. The minimum Gasteiger partial charge on any atom is -0.254 e. The van der Waals surface area contributed by atoms with Gasteiger partial charge in [0.05, 0.1) is 16.0 Å². The van der Waals surface area contributed by atoms with Gasteiger partial charge in [-0.2, -0.15) is 0 Å². The first-order chi connectivity index (χ1) is 6.11. The SMILES string of the molecule is O=[S@@](c1ccccc1)[C@H]1CC1(Cl)Cl. The highest BCUT2D eigenvalue weighted by atomic mass is 35.5. The van der Waals surface area contributed by atoms with Gasteiger partial charge in [-0.25, -0.2) is 0 Å². The van der Waals surface area contributed by atoms with Crippen LogP contribution in [-0.2, 0) is 10.8 Å². The lowest BCUT2D eigenvalue weighted by Crippen LogP contribution is -2.04. The van der Waals surface area contributed by atoms with Crippen LogP contribution < -0.4 is 0 Å². The standard InChI is InChI=1S/C9H8Cl2OS/c10-9(11)6-8(9)13(12)7-4-2-1-3-5-7/h1-5,8H,6H2/t8-,13-/m0/s1. The Morgan fingerprint density at radius 2 is 1.85 bits per heavy atom. The predicted octanol–water partition coefficient (Wildman–Crippen LogP) is 2.74. The molecule has 1 aromatic rings. The van der Waals surface area contributed by atoms with Gasteiger partial charge in [0.1, 0.15) is 4.33 Å². The van der Waals surface area contributed by atoms with Gasteiger partial charge >= 0.3 is 0 Å². The van der Waals surface area contributed by atoms with Gasteiger partial charge in [-0.05, 0) is 18.6 Å².